The molecule has 0 radical (unpaired) electrons. The van der Waals surface area contributed by atoms with Crippen LogP contribution in [0.25, 0.3) is 0 Å². The first-order valence-corrected chi connectivity index (χ1v) is 10.5. The van der Waals surface area contributed by atoms with E-state index in [-0.39, 0.29) is 24.8 Å². The number of benzene rings is 2. The maximum absolute atomic E-state index is 12.3. The molecular weight excluding hydrogens is 348 g/mol. The molecule has 0 heterocycles. The average Bonchev–Trinajstić information content (AvgIpc) is 2.56. The van der Waals surface area contributed by atoms with Crippen molar-refractivity contribution in [2.75, 3.05) is 22.4 Å². The van der Waals surface area contributed by atoms with E-state index in [1.165, 1.54) is 10.6 Å². The molecule has 0 aromatic heterocycles. The summed E-state index contributed by atoms with van der Waals surface area (Å²) in [5.74, 6) is -0.0404. The van der Waals surface area contributed by atoms with E-state index in [0.717, 1.165) is 11.1 Å². The SMILES string of the molecule is Cc1ccc(NC(=O)CCN(c2ccccc2C(C)C)S(C)(=O)=O)cc1. The molecule has 0 aliphatic rings. The maximum Gasteiger partial charge on any atom is 0.232 e. The van der Waals surface area contributed by atoms with Gasteiger partial charge in [-0.05, 0) is 36.6 Å². The molecule has 0 spiro atoms. The zero-order chi connectivity index (χ0) is 19.3. The summed E-state index contributed by atoms with van der Waals surface area (Å²) >= 11 is 0. The van der Waals surface area contributed by atoms with Crippen molar-refractivity contribution in [2.45, 2.75) is 33.1 Å². The number of para-hydroxylation sites is 1. The molecule has 2 aromatic carbocycles. The van der Waals surface area contributed by atoms with Crippen LogP contribution in [0.2, 0.25) is 0 Å². The first-order valence-electron chi connectivity index (χ1n) is 8.61. The van der Waals surface area contributed by atoms with Gasteiger partial charge in [0, 0.05) is 18.7 Å². The van der Waals surface area contributed by atoms with Gasteiger partial charge in [-0.25, -0.2) is 8.42 Å². The number of aryl methyl sites for hydroxylation is 1. The van der Waals surface area contributed by atoms with Crippen LogP contribution in [0, 0.1) is 6.92 Å². The normalized spacial score (nSPS) is 11.4. The minimum Gasteiger partial charge on any atom is -0.326 e. The van der Waals surface area contributed by atoms with Gasteiger partial charge in [-0.15, -0.1) is 0 Å². The Morgan fingerprint density at radius 2 is 1.69 bits per heavy atom. The van der Waals surface area contributed by atoms with Gasteiger partial charge in [-0.2, -0.15) is 0 Å². The first kappa shape index (κ1) is 20.0. The van der Waals surface area contributed by atoms with Gasteiger partial charge in [0.15, 0.2) is 0 Å². The van der Waals surface area contributed by atoms with E-state index in [1.807, 2.05) is 63.2 Å². The van der Waals surface area contributed by atoms with Crippen LogP contribution in [-0.4, -0.2) is 27.1 Å². The van der Waals surface area contributed by atoms with Crippen LogP contribution in [0.15, 0.2) is 48.5 Å². The Hall–Kier alpha value is -2.34. The monoisotopic (exact) mass is 374 g/mol. The van der Waals surface area contributed by atoms with Crippen LogP contribution in [0.5, 0.6) is 0 Å². The standard InChI is InChI=1S/C20H26N2O3S/c1-15(2)18-7-5-6-8-19(18)22(26(4,24)25)14-13-20(23)21-17-11-9-16(3)10-12-17/h5-12,15H,13-14H2,1-4H3,(H,21,23). The molecule has 0 aliphatic heterocycles. The predicted octanol–water partition coefficient (Wildman–Crippen LogP) is 3.91. The number of carbonyl (C=O) groups excluding carboxylic acids is 1. The molecule has 5 nitrogen and oxygen atoms in total. The van der Waals surface area contributed by atoms with Gasteiger partial charge < -0.3 is 5.32 Å². The van der Waals surface area contributed by atoms with Gasteiger partial charge in [0.25, 0.3) is 0 Å². The molecule has 6 heteroatoms. The second-order valence-corrected chi connectivity index (χ2v) is 8.62. The number of amides is 1. The van der Waals surface area contributed by atoms with Crippen LogP contribution in [0.4, 0.5) is 11.4 Å². The molecule has 0 saturated carbocycles. The van der Waals surface area contributed by atoms with E-state index in [2.05, 4.69) is 5.32 Å². The Morgan fingerprint density at radius 1 is 1.08 bits per heavy atom. The summed E-state index contributed by atoms with van der Waals surface area (Å²) in [5.41, 5.74) is 3.38. The van der Waals surface area contributed by atoms with E-state index < -0.39 is 10.0 Å². The molecule has 0 fully saturated rings. The van der Waals surface area contributed by atoms with Gasteiger partial charge in [0.1, 0.15) is 0 Å². The third-order valence-corrected chi connectivity index (χ3v) is 5.28. The molecule has 0 bridgehead atoms. The quantitative estimate of drug-likeness (QED) is 0.799. The second kappa shape index (κ2) is 8.36. The van der Waals surface area contributed by atoms with E-state index in [0.29, 0.717) is 11.4 Å². The summed E-state index contributed by atoms with van der Waals surface area (Å²) in [7, 11) is -3.49. The molecule has 140 valence electrons. The van der Waals surface area contributed by atoms with Gasteiger partial charge in [0.2, 0.25) is 15.9 Å². The lowest BCUT2D eigenvalue weighted by atomic mass is 10.0. The number of hydrogen-bond donors (Lipinski definition) is 1. The molecule has 0 atom stereocenters. The minimum absolute atomic E-state index is 0.0768. The van der Waals surface area contributed by atoms with Crippen molar-refractivity contribution in [3.63, 3.8) is 0 Å². The van der Waals surface area contributed by atoms with Crippen molar-refractivity contribution >= 4 is 27.3 Å². The second-order valence-electron chi connectivity index (χ2n) is 6.71. The predicted molar refractivity (Wildman–Crippen MR) is 107 cm³/mol. The fraction of sp³-hybridized carbons (Fsp3) is 0.350. The Bertz CT molecular complexity index is 859. The van der Waals surface area contributed by atoms with Gasteiger partial charge in [0.05, 0.1) is 11.9 Å². The van der Waals surface area contributed by atoms with E-state index in [4.69, 9.17) is 0 Å². The summed E-state index contributed by atoms with van der Waals surface area (Å²) in [6.07, 6.45) is 1.25. The van der Waals surface area contributed by atoms with E-state index >= 15 is 0 Å². The zero-order valence-corrected chi connectivity index (χ0v) is 16.5. The number of hydrogen-bond acceptors (Lipinski definition) is 3. The number of nitrogens with one attached hydrogen (secondary N) is 1. The van der Waals surface area contributed by atoms with E-state index in [9.17, 15) is 13.2 Å². The molecular formula is C20H26N2O3S. The van der Waals surface area contributed by atoms with Crippen molar-refractivity contribution in [2.24, 2.45) is 0 Å². The number of carbonyl (C=O) groups is 1. The van der Waals surface area contributed by atoms with Crippen molar-refractivity contribution in [1.82, 2.24) is 0 Å². The molecule has 0 aliphatic carbocycles. The highest BCUT2D eigenvalue weighted by molar-refractivity contribution is 7.92. The minimum atomic E-state index is -3.49. The van der Waals surface area contributed by atoms with Crippen LogP contribution in [0.3, 0.4) is 0 Å². The topological polar surface area (TPSA) is 66.5 Å². The fourth-order valence-corrected chi connectivity index (χ4v) is 3.68. The third kappa shape index (κ3) is 5.33. The van der Waals surface area contributed by atoms with E-state index in [1.54, 1.807) is 6.07 Å². The number of anilines is 2. The van der Waals surface area contributed by atoms with Crippen LogP contribution >= 0.6 is 0 Å². The zero-order valence-electron chi connectivity index (χ0n) is 15.7. The highest BCUT2D eigenvalue weighted by atomic mass is 32.2. The molecule has 0 saturated heterocycles. The number of sulfonamides is 1. The lowest BCUT2D eigenvalue weighted by Gasteiger charge is -2.26. The Kier molecular flexibility index (Phi) is 6.42. The lowest BCUT2D eigenvalue weighted by Crippen LogP contribution is -2.33. The molecule has 1 amide bonds. The van der Waals surface area contributed by atoms with Crippen molar-refractivity contribution < 1.29 is 13.2 Å². The number of rotatable bonds is 7. The molecule has 2 rings (SSSR count). The molecule has 2 aromatic rings. The Balaban J connectivity index is 2.15. The lowest BCUT2D eigenvalue weighted by molar-refractivity contribution is -0.116. The summed E-state index contributed by atoms with van der Waals surface area (Å²) in [4.78, 5) is 12.2. The number of nitrogens with zero attached hydrogens (tertiary/aromatic N) is 1. The van der Waals surface area contributed by atoms with Gasteiger partial charge in [-0.3, -0.25) is 9.10 Å². The van der Waals surface area contributed by atoms with Crippen LogP contribution in [0.1, 0.15) is 37.3 Å². The first-order chi connectivity index (χ1) is 12.2. The van der Waals surface area contributed by atoms with Gasteiger partial charge >= 0.3 is 0 Å². The molecule has 1 N–H and O–H groups in total. The smallest absolute Gasteiger partial charge is 0.232 e. The Morgan fingerprint density at radius 3 is 2.27 bits per heavy atom. The Labute approximate surface area is 156 Å². The van der Waals surface area contributed by atoms with Crippen molar-refractivity contribution in [3.8, 4) is 0 Å². The van der Waals surface area contributed by atoms with Crippen molar-refractivity contribution in [3.05, 3.63) is 59.7 Å². The van der Waals surface area contributed by atoms with Crippen molar-refractivity contribution in [1.29, 1.82) is 0 Å². The average molecular weight is 375 g/mol. The maximum atomic E-state index is 12.3. The van der Waals surface area contributed by atoms with Gasteiger partial charge in [-0.1, -0.05) is 49.7 Å². The highest BCUT2D eigenvalue weighted by Gasteiger charge is 2.22. The summed E-state index contributed by atoms with van der Waals surface area (Å²) < 4.78 is 25.9. The summed E-state index contributed by atoms with van der Waals surface area (Å²) in [6, 6.07) is 14.9. The molecule has 26 heavy (non-hydrogen) atoms. The van der Waals surface area contributed by atoms with Crippen LogP contribution < -0.4 is 9.62 Å². The summed E-state index contributed by atoms with van der Waals surface area (Å²) in [5, 5.41) is 2.80. The third-order valence-electron chi connectivity index (χ3n) is 4.11. The summed E-state index contributed by atoms with van der Waals surface area (Å²) in [6.45, 7) is 6.11. The highest BCUT2D eigenvalue weighted by Crippen LogP contribution is 2.29. The largest absolute Gasteiger partial charge is 0.326 e. The fourth-order valence-electron chi connectivity index (χ4n) is 2.73. The molecule has 0 unspecified atom stereocenters. The van der Waals surface area contributed by atoms with Crippen LogP contribution in [-0.2, 0) is 14.8 Å².